The summed E-state index contributed by atoms with van der Waals surface area (Å²) in [5.41, 5.74) is 3.10. The Balaban J connectivity index is 0.000000686. The van der Waals surface area contributed by atoms with Crippen molar-refractivity contribution < 1.29 is 4.39 Å². The number of hydrogen-bond donors (Lipinski definition) is 1. The minimum Gasteiger partial charge on any atom is -0.278 e. The van der Waals surface area contributed by atoms with E-state index in [-0.39, 0.29) is 5.82 Å². The van der Waals surface area contributed by atoms with E-state index in [1.165, 1.54) is 12.1 Å². The number of nitrogens with zero attached hydrogens (tertiary/aromatic N) is 1. The highest BCUT2D eigenvalue weighted by Crippen LogP contribution is 2.26. The summed E-state index contributed by atoms with van der Waals surface area (Å²) in [7, 11) is 0. The largest absolute Gasteiger partial charge is 0.278 e. The van der Waals surface area contributed by atoms with Crippen molar-refractivity contribution >= 4 is 0 Å². The number of nitrogens with one attached hydrogen (secondary N) is 1. The molecule has 2 nitrogen and oxygen atoms in total. The lowest BCUT2D eigenvalue weighted by Gasteiger charge is -2.05. The van der Waals surface area contributed by atoms with E-state index in [0.29, 0.717) is 5.92 Å². The molecule has 2 aromatic rings. The second kappa shape index (κ2) is 6.18. The zero-order chi connectivity index (χ0) is 12.8. The number of aromatic nitrogens is 2. The average molecular weight is 234 g/mol. The standard InChI is InChI=1S/C12H13FN2.C2H6/c1-8(2)11-7-14-15-12(11)9-3-5-10(13)6-4-9;1-2/h3-8H,1-2H3,(H,14,15);1-2H3. The van der Waals surface area contributed by atoms with Crippen LogP contribution in [0, 0.1) is 5.82 Å². The van der Waals surface area contributed by atoms with Crippen molar-refractivity contribution in [3.63, 3.8) is 0 Å². The highest BCUT2D eigenvalue weighted by atomic mass is 19.1. The van der Waals surface area contributed by atoms with Crippen LogP contribution in [0.1, 0.15) is 39.2 Å². The lowest BCUT2D eigenvalue weighted by atomic mass is 10.00. The Hall–Kier alpha value is -1.64. The minimum absolute atomic E-state index is 0.218. The Morgan fingerprint density at radius 2 is 1.71 bits per heavy atom. The molecule has 0 spiro atoms. The summed E-state index contributed by atoms with van der Waals surface area (Å²) in [5.74, 6) is 0.188. The molecule has 0 saturated heterocycles. The van der Waals surface area contributed by atoms with Gasteiger partial charge in [0.05, 0.1) is 11.9 Å². The molecule has 1 heterocycles. The highest BCUT2D eigenvalue weighted by molar-refractivity contribution is 5.63. The van der Waals surface area contributed by atoms with Crippen LogP contribution < -0.4 is 0 Å². The fourth-order valence-electron chi connectivity index (χ4n) is 1.58. The molecule has 1 aromatic heterocycles. The summed E-state index contributed by atoms with van der Waals surface area (Å²) in [6, 6.07) is 6.43. The van der Waals surface area contributed by atoms with E-state index in [0.717, 1.165) is 16.8 Å². The molecule has 0 amide bonds. The number of benzene rings is 1. The van der Waals surface area contributed by atoms with Crippen LogP contribution in [0.3, 0.4) is 0 Å². The summed E-state index contributed by atoms with van der Waals surface area (Å²) in [5, 5.41) is 6.97. The quantitative estimate of drug-likeness (QED) is 0.821. The number of aromatic amines is 1. The molecule has 0 radical (unpaired) electrons. The molecule has 0 aliphatic heterocycles. The molecule has 2 rings (SSSR count). The SMILES string of the molecule is CC.CC(C)c1cn[nH]c1-c1ccc(F)cc1. The Morgan fingerprint density at radius 1 is 1.12 bits per heavy atom. The number of rotatable bonds is 2. The lowest BCUT2D eigenvalue weighted by molar-refractivity contribution is 0.628. The second-order valence-corrected chi connectivity index (χ2v) is 3.86. The third-order valence-corrected chi connectivity index (χ3v) is 2.42. The van der Waals surface area contributed by atoms with E-state index >= 15 is 0 Å². The third-order valence-electron chi connectivity index (χ3n) is 2.42. The molecule has 1 N–H and O–H groups in total. The van der Waals surface area contributed by atoms with Gasteiger partial charge < -0.3 is 0 Å². The maximum atomic E-state index is 12.8. The van der Waals surface area contributed by atoms with Crippen molar-refractivity contribution in [3.8, 4) is 11.3 Å². The van der Waals surface area contributed by atoms with Gasteiger partial charge in [0.25, 0.3) is 0 Å². The van der Waals surface area contributed by atoms with E-state index in [4.69, 9.17) is 0 Å². The number of halogens is 1. The highest BCUT2D eigenvalue weighted by Gasteiger charge is 2.10. The summed E-state index contributed by atoms with van der Waals surface area (Å²) in [4.78, 5) is 0. The van der Waals surface area contributed by atoms with Crippen LogP contribution in [0.4, 0.5) is 4.39 Å². The first-order chi connectivity index (χ1) is 8.18. The van der Waals surface area contributed by atoms with Crippen LogP contribution in [0.5, 0.6) is 0 Å². The van der Waals surface area contributed by atoms with Crippen LogP contribution in [0.15, 0.2) is 30.5 Å². The molecular formula is C14H19FN2. The van der Waals surface area contributed by atoms with Crippen LogP contribution in [0.25, 0.3) is 11.3 Å². The average Bonchev–Trinajstić information content (AvgIpc) is 2.82. The van der Waals surface area contributed by atoms with Gasteiger partial charge in [-0.25, -0.2) is 4.39 Å². The number of hydrogen-bond acceptors (Lipinski definition) is 1. The van der Waals surface area contributed by atoms with Gasteiger partial charge in [-0.2, -0.15) is 5.10 Å². The molecule has 92 valence electrons. The van der Waals surface area contributed by atoms with E-state index in [1.807, 2.05) is 20.0 Å². The molecule has 0 bridgehead atoms. The maximum Gasteiger partial charge on any atom is 0.123 e. The minimum atomic E-state index is -0.218. The Labute approximate surface area is 102 Å². The van der Waals surface area contributed by atoms with Crippen molar-refractivity contribution in [1.82, 2.24) is 10.2 Å². The summed E-state index contributed by atoms with van der Waals surface area (Å²) >= 11 is 0. The number of H-pyrrole nitrogens is 1. The van der Waals surface area contributed by atoms with Crippen LogP contribution >= 0.6 is 0 Å². The fraction of sp³-hybridized carbons (Fsp3) is 0.357. The van der Waals surface area contributed by atoms with E-state index in [1.54, 1.807) is 12.1 Å². The van der Waals surface area contributed by atoms with E-state index in [9.17, 15) is 4.39 Å². The van der Waals surface area contributed by atoms with Gasteiger partial charge >= 0.3 is 0 Å². The maximum absolute atomic E-state index is 12.8. The molecule has 17 heavy (non-hydrogen) atoms. The first kappa shape index (κ1) is 13.4. The first-order valence-electron chi connectivity index (χ1n) is 5.97. The van der Waals surface area contributed by atoms with Gasteiger partial charge in [-0.3, -0.25) is 5.10 Å². The third kappa shape index (κ3) is 3.16. The van der Waals surface area contributed by atoms with E-state index in [2.05, 4.69) is 24.0 Å². The summed E-state index contributed by atoms with van der Waals surface area (Å²) < 4.78 is 12.8. The normalized spacial score (nSPS) is 10.0. The Morgan fingerprint density at radius 3 is 2.24 bits per heavy atom. The molecule has 0 aliphatic rings. The van der Waals surface area contributed by atoms with Crippen molar-refractivity contribution in [1.29, 1.82) is 0 Å². The molecule has 0 fully saturated rings. The molecule has 1 aromatic carbocycles. The van der Waals surface area contributed by atoms with Crippen molar-refractivity contribution in [2.45, 2.75) is 33.6 Å². The van der Waals surface area contributed by atoms with Gasteiger partial charge in [0.1, 0.15) is 5.82 Å². The zero-order valence-corrected chi connectivity index (χ0v) is 10.8. The van der Waals surface area contributed by atoms with E-state index < -0.39 is 0 Å². The van der Waals surface area contributed by atoms with Crippen LogP contribution in [-0.2, 0) is 0 Å². The lowest BCUT2D eigenvalue weighted by Crippen LogP contribution is -1.89. The van der Waals surface area contributed by atoms with Crippen LogP contribution in [-0.4, -0.2) is 10.2 Å². The molecule has 0 saturated carbocycles. The summed E-state index contributed by atoms with van der Waals surface area (Å²) in [6.45, 7) is 8.22. The van der Waals surface area contributed by atoms with Gasteiger partial charge in [0.15, 0.2) is 0 Å². The predicted octanol–water partition coefficient (Wildman–Crippen LogP) is 4.37. The van der Waals surface area contributed by atoms with Crippen molar-refractivity contribution in [3.05, 3.63) is 41.8 Å². The zero-order valence-electron chi connectivity index (χ0n) is 10.8. The van der Waals surface area contributed by atoms with Crippen LogP contribution in [0.2, 0.25) is 0 Å². The Kier molecular flexibility index (Phi) is 4.88. The smallest absolute Gasteiger partial charge is 0.123 e. The molecular weight excluding hydrogens is 215 g/mol. The Bertz CT molecular complexity index is 444. The van der Waals surface area contributed by atoms with Gasteiger partial charge in [-0.05, 0) is 30.2 Å². The molecule has 3 heteroatoms. The van der Waals surface area contributed by atoms with Gasteiger partial charge in [-0.1, -0.05) is 27.7 Å². The summed E-state index contributed by atoms with van der Waals surface area (Å²) in [6.07, 6.45) is 1.82. The van der Waals surface area contributed by atoms with Gasteiger partial charge in [0.2, 0.25) is 0 Å². The van der Waals surface area contributed by atoms with Crippen molar-refractivity contribution in [2.75, 3.05) is 0 Å². The monoisotopic (exact) mass is 234 g/mol. The topological polar surface area (TPSA) is 28.7 Å². The van der Waals surface area contributed by atoms with Crippen molar-refractivity contribution in [2.24, 2.45) is 0 Å². The predicted molar refractivity (Wildman–Crippen MR) is 69.4 cm³/mol. The molecule has 0 aliphatic carbocycles. The second-order valence-electron chi connectivity index (χ2n) is 3.86. The molecule has 0 atom stereocenters. The van der Waals surface area contributed by atoms with Gasteiger partial charge in [-0.15, -0.1) is 0 Å². The fourth-order valence-corrected chi connectivity index (χ4v) is 1.58. The molecule has 0 unspecified atom stereocenters. The van der Waals surface area contributed by atoms with Gasteiger partial charge in [0, 0.05) is 11.1 Å². The first-order valence-corrected chi connectivity index (χ1v) is 5.97.